The second-order valence-corrected chi connectivity index (χ2v) is 7.37. The fourth-order valence-corrected chi connectivity index (χ4v) is 4.02. The smallest absolute Gasteiger partial charge is 0.260 e. The van der Waals surface area contributed by atoms with Gasteiger partial charge < -0.3 is 14.8 Å². The maximum Gasteiger partial charge on any atom is 0.260 e. The highest BCUT2D eigenvalue weighted by Gasteiger charge is 2.16. The van der Waals surface area contributed by atoms with Crippen LogP contribution in [0.25, 0.3) is 21.3 Å². The number of hydrogen-bond donors (Lipinski definition) is 2. The third-order valence-electron chi connectivity index (χ3n) is 4.41. The molecular weight excluding hydrogens is 374 g/mol. The van der Waals surface area contributed by atoms with Gasteiger partial charge in [0.1, 0.15) is 10.7 Å². The molecule has 3 aromatic rings. The SMILES string of the molecule is C=CCOCC(O)CN(CC)Cc1nc2scc(-c3ccccc3)c2c(=O)[nH]1. The van der Waals surface area contributed by atoms with Crippen molar-refractivity contribution >= 4 is 21.6 Å². The van der Waals surface area contributed by atoms with Crippen molar-refractivity contribution in [2.24, 2.45) is 0 Å². The molecule has 1 atom stereocenters. The lowest BCUT2D eigenvalue weighted by Gasteiger charge is -2.22. The number of nitrogens with one attached hydrogen (secondary N) is 1. The molecule has 28 heavy (non-hydrogen) atoms. The first-order chi connectivity index (χ1) is 13.6. The molecule has 0 aliphatic carbocycles. The lowest BCUT2D eigenvalue weighted by molar-refractivity contribution is 0.0252. The Bertz CT molecular complexity index is 968. The van der Waals surface area contributed by atoms with Gasteiger partial charge in [0.2, 0.25) is 0 Å². The van der Waals surface area contributed by atoms with Gasteiger partial charge in [0.05, 0.1) is 31.2 Å². The van der Waals surface area contributed by atoms with Crippen molar-refractivity contribution in [3.05, 3.63) is 64.5 Å². The summed E-state index contributed by atoms with van der Waals surface area (Å²) in [6.45, 7) is 7.87. The molecule has 0 amide bonds. The van der Waals surface area contributed by atoms with Crippen molar-refractivity contribution in [1.82, 2.24) is 14.9 Å². The second-order valence-electron chi connectivity index (χ2n) is 6.52. The van der Waals surface area contributed by atoms with Crippen LogP contribution in [-0.4, -0.2) is 52.4 Å². The molecule has 2 N–H and O–H groups in total. The maximum atomic E-state index is 12.7. The van der Waals surface area contributed by atoms with E-state index in [1.165, 1.54) is 11.3 Å². The third kappa shape index (κ3) is 4.94. The summed E-state index contributed by atoms with van der Waals surface area (Å²) >= 11 is 1.47. The fraction of sp³-hybridized carbons (Fsp3) is 0.333. The standard InChI is InChI=1S/C21H25N3O3S/c1-3-10-27-13-16(25)11-24(4-2)12-18-22-20(26)19-17(14-28-21(19)23-18)15-8-6-5-7-9-15/h3,5-9,14,16,25H,1,4,10-13H2,2H3,(H,22,23,26). The summed E-state index contributed by atoms with van der Waals surface area (Å²) in [6.07, 6.45) is 1.04. The molecule has 0 bridgehead atoms. The first-order valence-corrected chi connectivity index (χ1v) is 10.1. The largest absolute Gasteiger partial charge is 0.389 e. The molecule has 0 spiro atoms. The maximum absolute atomic E-state index is 12.7. The van der Waals surface area contributed by atoms with Crippen LogP contribution in [0, 0.1) is 0 Å². The van der Waals surface area contributed by atoms with E-state index in [0.29, 0.717) is 30.9 Å². The van der Waals surface area contributed by atoms with E-state index in [9.17, 15) is 9.90 Å². The number of rotatable bonds is 10. The van der Waals surface area contributed by atoms with E-state index >= 15 is 0 Å². The predicted molar refractivity (Wildman–Crippen MR) is 114 cm³/mol. The fourth-order valence-electron chi connectivity index (χ4n) is 3.05. The Morgan fingerprint density at radius 2 is 2.18 bits per heavy atom. The number of aliphatic hydroxyl groups excluding tert-OH is 1. The van der Waals surface area contributed by atoms with Crippen molar-refractivity contribution in [1.29, 1.82) is 0 Å². The van der Waals surface area contributed by atoms with Gasteiger partial charge in [-0.15, -0.1) is 17.9 Å². The minimum Gasteiger partial charge on any atom is -0.389 e. The van der Waals surface area contributed by atoms with Crippen LogP contribution in [0.3, 0.4) is 0 Å². The van der Waals surface area contributed by atoms with Gasteiger partial charge in [0, 0.05) is 17.5 Å². The molecule has 148 valence electrons. The first-order valence-electron chi connectivity index (χ1n) is 9.27. The van der Waals surface area contributed by atoms with Gasteiger partial charge in [-0.25, -0.2) is 4.98 Å². The topological polar surface area (TPSA) is 78.5 Å². The first kappa shape index (κ1) is 20.4. The van der Waals surface area contributed by atoms with Crippen LogP contribution < -0.4 is 5.56 Å². The highest BCUT2D eigenvalue weighted by Crippen LogP contribution is 2.30. The van der Waals surface area contributed by atoms with Crippen molar-refractivity contribution < 1.29 is 9.84 Å². The molecule has 2 aromatic heterocycles. The number of hydrogen-bond acceptors (Lipinski definition) is 6. The summed E-state index contributed by atoms with van der Waals surface area (Å²) < 4.78 is 5.30. The minimum absolute atomic E-state index is 0.133. The normalized spacial score (nSPS) is 12.5. The molecule has 0 aliphatic heterocycles. The van der Waals surface area contributed by atoms with Gasteiger partial charge in [-0.3, -0.25) is 9.69 Å². The lowest BCUT2D eigenvalue weighted by atomic mass is 10.1. The summed E-state index contributed by atoms with van der Waals surface area (Å²) in [5.74, 6) is 0.597. The van der Waals surface area contributed by atoms with Crippen molar-refractivity contribution in [3.63, 3.8) is 0 Å². The Hall–Kier alpha value is -2.32. The van der Waals surface area contributed by atoms with Gasteiger partial charge in [0.15, 0.2) is 0 Å². The minimum atomic E-state index is -0.609. The van der Waals surface area contributed by atoms with Gasteiger partial charge in [-0.1, -0.05) is 43.3 Å². The summed E-state index contributed by atoms with van der Waals surface area (Å²) in [5.41, 5.74) is 1.78. The predicted octanol–water partition coefficient (Wildman–Crippen LogP) is 3.04. The van der Waals surface area contributed by atoms with Gasteiger partial charge in [0.25, 0.3) is 5.56 Å². The monoisotopic (exact) mass is 399 g/mol. The Kier molecular flexibility index (Phi) is 7.11. The summed E-state index contributed by atoms with van der Waals surface area (Å²) in [4.78, 5) is 23.0. The van der Waals surface area contributed by atoms with E-state index in [4.69, 9.17) is 4.74 Å². The molecule has 7 heteroatoms. The number of aromatic nitrogens is 2. The summed E-state index contributed by atoms with van der Waals surface area (Å²) in [7, 11) is 0. The van der Waals surface area contributed by atoms with Crippen LogP contribution in [0.15, 0.2) is 53.2 Å². The molecule has 1 unspecified atom stereocenters. The number of benzene rings is 1. The molecule has 0 fully saturated rings. The van der Waals surface area contributed by atoms with Crippen LogP contribution in [-0.2, 0) is 11.3 Å². The molecule has 6 nitrogen and oxygen atoms in total. The van der Waals surface area contributed by atoms with E-state index in [0.717, 1.165) is 22.5 Å². The number of aromatic amines is 1. The molecule has 1 aromatic carbocycles. The second kappa shape index (κ2) is 9.75. The van der Waals surface area contributed by atoms with E-state index in [1.807, 2.05) is 47.5 Å². The van der Waals surface area contributed by atoms with Crippen molar-refractivity contribution in [3.8, 4) is 11.1 Å². The van der Waals surface area contributed by atoms with E-state index in [1.54, 1.807) is 6.08 Å². The molecule has 3 rings (SSSR count). The zero-order valence-electron chi connectivity index (χ0n) is 15.9. The zero-order chi connectivity index (χ0) is 19.9. The van der Waals surface area contributed by atoms with Crippen LogP contribution >= 0.6 is 11.3 Å². The molecule has 0 saturated heterocycles. The van der Waals surface area contributed by atoms with Crippen LogP contribution in [0.5, 0.6) is 0 Å². The number of likely N-dealkylation sites (N-methyl/N-ethyl adjacent to an activating group) is 1. The van der Waals surface area contributed by atoms with E-state index < -0.39 is 6.10 Å². The van der Waals surface area contributed by atoms with E-state index in [2.05, 4.69) is 16.5 Å². The Labute approximate surface area is 168 Å². The summed E-state index contributed by atoms with van der Waals surface area (Å²) in [5, 5.41) is 12.7. The van der Waals surface area contributed by atoms with E-state index in [-0.39, 0.29) is 12.2 Å². The average Bonchev–Trinajstić information content (AvgIpc) is 3.13. The Morgan fingerprint density at radius 3 is 2.89 bits per heavy atom. The summed E-state index contributed by atoms with van der Waals surface area (Å²) in [6, 6.07) is 9.85. The van der Waals surface area contributed by atoms with Crippen LogP contribution in [0.4, 0.5) is 0 Å². The average molecular weight is 400 g/mol. The number of fused-ring (bicyclic) bond motifs is 1. The van der Waals surface area contributed by atoms with Gasteiger partial charge in [-0.2, -0.15) is 0 Å². The van der Waals surface area contributed by atoms with Gasteiger partial charge >= 0.3 is 0 Å². The highest BCUT2D eigenvalue weighted by atomic mass is 32.1. The molecule has 0 aliphatic rings. The Morgan fingerprint density at radius 1 is 1.39 bits per heavy atom. The Balaban J connectivity index is 1.77. The quantitative estimate of drug-likeness (QED) is 0.405. The molecule has 2 heterocycles. The number of nitrogens with zero attached hydrogens (tertiary/aromatic N) is 2. The van der Waals surface area contributed by atoms with Crippen molar-refractivity contribution in [2.45, 2.75) is 19.6 Å². The lowest BCUT2D eigenvalue weighted by Crippen LogP contribution is -2.35. The number of thiophene rings is 1. The van der Waals surface area contributed by atoms with Crippen molar-refractivity contribution in [2.75, 3.05) is 26.3 Å². The third-order valence-corrected chi connectivity index (χ3v) is 5.29. The molecular formula is C21H25N3O3S. The van der Waals surface area contributed by atoms with Gasteiger partial charge in [-0.05, 0) is 12.1 Å². The molecule has 0 radical (unpaired) electrons. The number of aliphatic hydroxyl groups is 1. The molecule has 0 saturated carbocycles. The number of ether oxygens (including phenoxy) is 1. The zero-order valence-corrected chi connectivity index (χ0v) is 16.7. The number of H-pyrrole nitrogens is 1. The highest BCUT2D eigenvalue weighted by molar-refractivity contribution is 7.17. The van der Waals surface area contributed by atoms with Crippen LogP contribution in [0.1, 0.15) is 12.7 Å². The van der Waals surface area contributed by atoms with Crippen LogP contribution in [0.2, 0.25) is 0 Å².